The van der Waals surface area contributed by atoms with Crippen LogP contribution < -0.4 is 5.32 Å². The topological polar surface area (TPSA) is 49.3 Å². The zero-order valence-electron chi connectivity index (χ0n) is 17.5. The van der Waals surface area contributed by atoms with E-state index in [1.807, 2.05) is 11.8 Å². The van der Waals surface area contributed by atoms with Gasteiger partial charge in [0.05, 0.1) is 0 Å². The molecule has 1 atom stereocenters. The maximum absolute atomic E-state index is 12.9. The van der Waals surface area contributed by atoms with Crippen LogP contribution in [0.25, 0.3) is 0 Å². The van der Waals surface area contributed by atoms with Gasteiger partial charge in [0.25, 0.3) is 0 Å². The van der Waals surface area contributed by atoms with Crippen LogP contribution in [0.4, 0.5) is 13.2 Å². The second-order valence-corrected chi connectivity index (χ2v) is 7.46. The quantitative estimate of drug-likeness (QED) is 0.224. The van der Waals surface area contributed by atoms with Gasteiger partial charge in [-0.25, -0.2) is 0 Å². The molecule has 0 aromatic rings. The molecule has 0 radical (unpaired) electrons. The Bertz CT molecular complexity index is 469. The molecule has 0 aromatic carbocycles. The van der Waals surface area contributed by atoms with Crippen LogP contribution in [0.15, 0.2) is 4.99 Å². The van der Waals surface area contributed by atoms with Gasteiger partial charge in [-0.15, -0.1) is 24.0 Å². The van der Waals surface area contributed by atoms with E-state index in [4.69, 9.17) is 9.47 Å². The van der Waals surface area contributed by atoms with Gasteiger partial charge in [-0.2, -0.15) is 13.2 Å². The molecule has 2 fully saturated rings. The number of aliphatic imine (C=N–C) groups is 1. The fraction of sp³-hybridized carbons (Fsp3) is 0.947. The Balaban J connectivity index is 0.00000420. The zero-order valence-corrected chi connectivity index (χ0v) is 19.9. The van der Waals surface area contributed by atoms with Gasteiger partial charge in [0.1, 0.15) is 6.04 Å². The molecule has 0 amide bonds. The number of alkyl halides is 3. The van der Waals surface area contributed by atoms with Gasteiger partial charge < -0.3 is 19.7 Å². The van der Waals surface area contributed by atoms with Crippen molar-refractivity contribution >= 4 is 29.9 Å². The van der Waals surface area contributed by atoms with Gasteiger partial charge in [-0.3, -0.25) is 9.89 Å². The molecule has 0 aromatic heterocycles. The molecule has 2 heterocycles. The molecule has 0 saturated carbocycles. The minimum Gasteiger partial charge on any atom is -0.381 e. The van der Waals surface area contributed by atoms with E-state index < -0.39 is 12.2 Å². The Morgan fingerprint density at radius 3 is 2.45 bits per heavy atom. The molecule has 29 heavy (non-hydrogen) atoms. The summed E-state index contributed by atoms with van der Waals surface area (Å²) in [5.41, 5.74) is 0. The van der Waals surface area contributed by atoms with Crippen LogP contribution in [-0.2, 0) is 9.47 Å². The third kappa shape index (κ3) is 9.56. The predicted octanol–water partition coefficient (Wildman–Crippen LogP) is 2.97. The second-order valence-electron chi connectivity index (χ2n) is 7.46. The molecular formula is C19H36F3IN4O2. The monoisotopic (exact) mass is 536 g/mol. The highest BCUT2D eigenvalue weighted by Gasteiger charge is 2.41. The van der Waals surface area contributed by atoms with E-state index in [9.17, 15) is 13.2 Å². The number of piperazine rings is 1. The first-order valence-corrected chi connectivity index (χ1v) is 10.4. The fourth-order valence-corrected chi connectivity index (χ4v) is 3.47. The lowest BCUT2D eigenvalue weighted by Crippen LogP contribution is -2.56. The van der Waals surface area contributed by atoms with Gasteiger partial charge in [0.15, 0.2) is 5.96 Å². The number of rotatable bonds is 8. The molecule has 0 spiro atoms. The summed E-state index contributed by atoms with van der Waals surface area (Å²) in [6, 6.07) is -1.40. The summed E-state index contributed by atoms with van der Waals surface area (Å²) >= 11 is 0. The number of hydrogen-bond donors (Lipinski definition) is 1. The van der Waals surface area contributed by atoms with E-state index in [0.29, 0.717) is 45.2 Å². The molecule has 2 aliphatic heterocycles. The van der Waals surface area contributed by atoms with Crippen LogP contribution in [0.1, 0.15) is 33.1 Å². The summed E-state index contributed by atoms with van der Waals surface area (Å²) in [6.07, 6.45) is -1.20. The molecular weight excluding hydrogens is 500 g/mol. The summed E-state index contributed by atoms with van der Waals surface area (Å²) in [4.78, 5) is 8.17. The van der Waals surface area contributed by atoms with Gasteiger partial charge in [-0.1, -0.05) is 0 Å². The van der Waals surface area contributed by atoms with Crippen molar-refractivity contribution < 1.29 is 22.6 Å². The van der Waals surface area contributed by atoms with Crippen LogP contribution in [0.2, 0.25) is 0 Å². The maximum atomic E-state index is 12.9. The van der Waals surface area contributed by atoms with E-state index in [-0.39, 0.29) is 24.0 Å². The molecule has 1 N–H and O–H groups in total. The highest BCUT2D eigenvalue weighted by molar-refractivity contribution is 14.0. The average Bonchev–Trinajstić information content (AvgIpc) is 2.69. The molecule has 1 unspecified atom stereocenters. The SMILES string of the molecule is CCNC(=NCCCOCC1CCOCC1)N1CCN(C(C)C(F)(F)F)CC1.I. The van der Waals surface area contributed by atoms with Crippen molar-refractivity contribution in [1.82, 2.24) is 15.1 Å². The molecule has 2 rings (SSSR count). The Morgan fingerprint density at radius 2 is 1.86 bits per heavy atom. The lowest BCUT2D eigenvalue weighted by molar-refractivity contribution is -0.181. The van der Waals surface area contributed by atoms with Gasteiger partial charge >= 0.3 is 6.18 Å². The molecule has 2 saturated heterocycles. The number of nitrogens with one attached hydrogen (secondary N) is 1. The summed E-state index contributed by atoms with van der Waals surface area (Å²) in [7, 11) is 0. The highest BCUT2D eigenvalue weighted by atomic mass is 127. The van der Waals surface area contributed by atoms with E-state index in [1.165, 1.54) is 11.8 Å². The van der Waals surface area contributed by atoms with E-state index in [2.05, 4.69) is 10.3 Å². The van der Waals surface area contributed by atoms with Crippen molar-refractivity contribution in [3.8, 4) is 0 Å². The Kier molecular flexibility index (Phi) is 12.8. The van der Waals surface area contributed by atoms with Crippen LogP contribution in [0, 0.1) is 5.92 Å². The molecule has 0 aliphatic carbocycles. The molecule has 6 nitrogen and oxygen atoms in total. The first kappa shape index (κ1) is 26.7. The first-order chi connectivity index (χ1) is 13.4. The molecule has 172 valence electrons. The number of ether oxygens (including phenoxy) is 2. The maximum Gasteiger partial charge on any atom is 0.403 e. The number of halogens is 4. The van der Waals surface area contributed by atoms with Crippen LogP contribution in [-0.4, -0.2) is 93.7 Å². The Labute approximate surface area is 189 Å². The number of nitrogens with zero attached hydrogens (tertiary/aromatic N) is 3. The molecule has 10 heteroatoms. The summed E-state index contributed by atoms with van der Waals surface area (Å²) in [5, 5.41) is 3.25. The lowest BCUT2D eigenvalue weighted by atomic mass is 10.0. The van der Waals surface area contributed by atoms with E-state index >= 15 is 0 Å². The highest BCUT2D eigenvalue weighted by Crippen LogP contribution is 2.25. The van der Waals surface area contributed by atoms with Crippen molar-refractivity contribution in [2.45, 2.75) is 45.3 Å². The molecule has 0 bridgehead atoms. The average molecular weight is 536 g/mol. The van der Waals surface area contributed by atoms with Crippen molar-refractivity contribution in [3.63, 3.8) is 0 Å². The first-order valence-electron chi connectivity index (χ1n) is 10.4. The second kappa shape index (κ2) is 13.9. The third-order valence-electron chi connectivity index (χ3n) is 5.37. The van der Waals surface area contributed by atoms with Gasteiger partial charge in [0.2, 0.25) is 0 Å². The minimum absolute atomic E-state index is 0. The van der Waals surface area contributed by atoms with Crippen molar-refractivity contribution in [2.75, 3.05) is 65.7 Å². The Morgan fingerprint density at radius 1 is 1.21 bits per heavy atom. The third-order valence-corrected chi connectivity index (χ3v) is 5.37. The normalized spacial score (nSPS) is 21.0. The summed E-state index contributed by atoms with van der Waals surface area (Å²) in [6.45, 7) is 9.61. The molecule has 2 aliphatic rings. The predicted molar refractivity (Wildman–Crippen MR) is 119 cm³/mol. The van der Waals surface area contributed by atoms with E-state index in [1.54, 1.807) is 0 Å². The standard InChI is InChI=1S/C19H35F3N4O2.HI/c1-3-23-18(24-7-4-12-28-15-17-5-13-27-14-6-17)26-10-8-25(9-11-26)16(2)19(20,21)22;/h16-17H,3-15H2,1-2H3,(H,23,24);1H. The Hall–Kier alpha value is -0.330. The van der Waals surface area contributed by atoms with Gasteiger partial charge in [0, 0.05) is 65.7 Å². The van der Waals surface area contributed by atoms with E-state index in [0.717, 1.165) is 51.6 Å². The van der Waals surface area contributed by atoms with Crippen molar-refractivity contribution in [3.05, 3.63) is 0 Å². The number of guanidine groups is 1. The van der Waals surface area contributed by atoms with Gasteiger partial charge in [-0.05, 0) is 39.0 Å². The van der Waals surface area contributed by atoms with Crippen molar-refractivity contribution in [2.24, 2.45) is 10.9 Å². The minimum atomic E-state index is -4.18. The smallest absolute Gasteiger partial charge is 0.381 e. The number of hydrogen-bond acceptors (Lipinski definition) is 4. The summed E-state index contributed by atoms with van der Waals surface area (Å²) < 4.78 is 49.8. The van der Waals surface area contributed by atoms with Crippen molar-refractivity contribution in [1.29, 1.82) is 0 Å². The lowest BCUT2D eigenvalue weighted by Gasteiger charge is -2.39. The zero-order chi connectivity index (χ0) is 20.4. The largest absolute Gasteiger partial charge is 0.403 e. The summed E-state index contributed by atoms with van der Waals surface area (Å²) in [5.74, 6) is 1.39. The van der Waals surface area contributed by atoms with Crippen LogP contribution >= 0.6 is 24.0 Å². The van der Waals surface area contributed by atoms with Crippen LogP contribution in [0.3, 0.4) is 0 Å². The fourth-order valence-electron chi connectivity index (χ4n) is 3.47. The van der Waals surface area contributed by atoms with Crippen LogP contribution in [0.5, 0.6) is 0 Å².